The third-order valence-corrected chi connectivity index (χ3v) is 6.50. The standard InChI is InChI=1S/C24H23N3O4S/c1-26-23-18(22(29)27(24(26)30)15-16-8-4-3-5-9-16)14-20(32-23)21(28)25-13-12-17-10-6-7-11-19(17)31-2/h3-11,14H,12-13,15H2,1-2H3,(H,25,28). The first kappa shape index (κ1) is 21.6. The molecule has 0 spiro atoms. The van der Waals surface area contributed by atoms with Gasteiger partial charge in [-0.2, -0.15) is 0 Å². The Kier molecular flexibility index (Phi) is 6.23. The molecule has 0 radical (unpaired) electrons. The SMILES string of the molecule is COc1ccccc1CCNC(=O)c1cc2c(=O)n(Cc3ccccc3)c(=O)n(C)c2s1. The van der Waals surface area contributed by atoms with Gasteiger partial charge in [-0.05, 0) is 29.7 Å². The van der Waals surface area contributed by atoms with E-state index in [0.29, 0.717) is 28.1 Å². The topological polar surface area (TPSA) is 82.3 Å². The van der Waals surface area contributed by atoms with Crippen LogP contribution in [-0.4, -0.2) is 28.7 Å². The maximum atomic E-state index is 13.0. The number of amides is 1. The Morgan fingerprint density at radius 2 is 1.78 bits per heavy atom. The first-order valence-electron chi connectivity index (χ1n) is 10.2. The number of hydrogen-bond acceptors (Lipinski definition) is 5. The number of carbonyl (C=O) groups excluding carboxylic acids is 1. The van der Waals surface area contributed by atoms with E-state index in [4.69, 9.17) is 4.74 Å². The Morgan fingerprint density at radius 3 is 2.53 bits per heavy atom. The van der Waals surface area contributed by atoms with Gasteiger partial charge in [0.15, 0.2) is 0 Å². The Bertz CT molecular complexity index is 1390. The van der Waals surface area contributed by atoms with Crippen LogP contribution in [0.4, 0.5) is 0 Å². The number of benzene rings is 2. The Morgan fingerprint density at radius 1 is 1.06 bits per heavy atom. The molecule has 32 heavy (non-hydrogen) atoms. The number of thiophene rings is 1. The predicted octanol–water partition coefficient (Wildman–Crippen LogP) is 2.79. The van der Waals surface area contributed by atoms with Crippen molar-refractivity contribution >= 4 is 27.5 Å². The van der Waals surface area contributed by atoms with Gasteiger partial charge in [0.25, 0.3) is 11.5 Å². The maximum absolute atomic E-state index is 13.0. The fourth-order valence-corrected chi connectivity index (χ4v) is 4.63. The lowest BCUT2D eigenvalue weighted by molar-refractivity contribution is 0.0958. The van der Waals surface area contributed by atoms with Gasteiger partial charge in [0.05, 0.1) is 23.9 Å². The van der Waals surface area contributed by atoms with Crippen LogP contribution >= 0.6 is 11.3 Å². The number of para-hydroxylation sites is 1. The maximum Gasteiger partial charge on any atom is 0.332 e. The zero-order valence-corrected chi connectivity index (χ0v) is 18.6. The van der Waals surface area contributed by atoms with Gasteiger partial charge in [-0.1, -0.05) is 48.5 Å². The van der Waals surface area contributed by atoms with Gasteiger partial charge < -0.3 is 10.1 Å². The fraction of sp³-hybridized carbons (Fsp3) is 0.208. The van der Waals surface area contributed by atoms with Crippen molar-refractivity contribution < 1.29 is 9.53 Å². The summed E-state index contributed by atoms with van der Waals surface area (Å²) in [5.74, 6) is 0.500. The summed E-state index contributed by atoms with van der Waals surface area (Å²) in [7, 11) is 3.23. The van der Waals surface area contributed by atoms with Gasteiger partial charge in [-0.25, -0.2) is 4.79 Å². The zero-order valence-electron chi connectivity index (χ0n) is 17.8. The summed E-state index contributed by atoms with van der Waals surface area (Å²) in [6, 6.07) is 18.6. The smallest absolute Gasteiger partial charge is 0.332 e. The van der Waals surface area contributed by atoms with Crippen molar-refractivity contribution in [3.63, 3.8) is 0 Å². The highest BCUT2D eigenvalue weighted by molar-refractivity contribution is 7.20. The first-order chi connectivity index (χ1) is 15.5. The molecule has 0 bridgehead atoms. The molecule has 164 valence electrons. The number of methoxy groups -OCH3 is 1. The predicted molar refractivity (Wildman–Crippen MR) is 126 cm³/mol. The van der Waals surface area contributed by atoms with Crippen LogP contribution in [0.3, 0.4) is 0 Å². The minimum atomic E-state index is -0.406. The Balaban J connectivity index is 1.57. The number of nitrogens with zero attached hydrogens (tertiary/aromatic N) is 2. The number of aryl methyl sites for hydroxylation is 1. The summed E-state index contributed by atoms with van der Waals surface area (Å²) in [6.45, 7) is 0.600. The second-order valence-corrected chi connectivity index (χ2v) is 8.40. The van der Waals surface area contributed by atoms with E-state index >= 15 is 0 Å². The lowest BCUT2D eigenvalue weighted by atomic mass is 10.1. The monoisotopic (exact) mass is 449 g/mol. The molecular formula is C24H23N3O4S. The number of fused-ring (bicyclic) bond motifs is 1. The molecule has 0 fully saturated rings. The van der Waals surface area contributed by atoms with Gasteiger partial charge in [-0.3, -0.25) is 18.7 Å². The van der Waals surface area contributed by atoms with E-state index in [1.54, 1.807) is 20.2 Å². The molecule has 0 saturated heterocycles. The summed E-state index contributed by atoms with van der Waals surface area (Å²) < 4.78 is 7.97. The van der Waals surface area contributed by atoms with E-state index in [9.17, 15) is 14.4 Å². The van der Waals surface area contributed by atoms with Crippen LogP contribution in [-0.2, 0) is 20.0 Å². The molecule has 1 N–H and O–H groups in total. The highest BCUT2D eigenvalue weighted by atomic mass is 32.1. The average Bonchev–Trinajstić information content (AvgIpc) is 3.27. The number of rotatable bonds is 7. The molecule has 0 aliphatic heterocycles. The zero-order chi connectivity index (χ0) is 22.7. The summed E-state index contributed by atoms with van der Waals surface area (Å²) in [5, 5.41) is 3.25. The molecule has 0 aliphatic carbocycles. The van der Waals surface area contributed by atoms with Crippen LogP contribution in [0.15, 0.2) is 70.3 Å². The summed E-state index contributed by atoms with van der Waals surface area (Å²) >= 11 is 1.14. The number of hydrogen-bond donors (Lipinski definition) is 1. The molecule has 2 aromatic heterocycles. The van der Waals surface area contributed by atoms with Crippen molar-refractivity contribution in [2.75, 3.05) is 13.7 Å². The highest BCUT2D eigenvalue weighted by Gasteiger charge is 2.18. The van der Waals surface area contributed by atoms with Crippen molar-refractivity contribution in [2.24, 2.45) is 7.05 Å². The molecule has 0 aliphatic rings. The molecular weight excluding hydrogens is 426 g/mol. The quantitative estimate of drug-likeness (QED) is 0.470. The van der Waals surface area contributed by atoms with E-state index in [1.807, 2.05) is 54.6 Å². The molecule has 0 saturated carbocycles. The number of nitrogens with one attached hydrogen (secondary N) is 1. The van der Waals surface area contributed by atoms with Crippen LogP contribution < -0.4 is 21.3 Å². The van der Waals surface area contributed by atoms with Crippen molar-refractivity contribution in [3.8, 4) is 5.75 Å². The van der Waals surface area contributed by atoms with Crippen molar-refractivity contribution in [2.45, 2.75) is 13.0 Å². The Hall–Kier alpha value is -3.65. The average molecular weight is 450 g/mol. The molecule has 0 atom stereocenters. The molecule has 4 rings (SSSR count). The van der Waals surface area contributed by atoms with E-state index in [2.05, 4.69) is 5.32 Å². The van der Waals surface area contributed by atoms with Crippen LogP contribution in [0.25, 0.3) is 10.2 Å². The van der Waals surface area contributed by atoms with Crippen LogP contribution in [0, 0.1) is 0 Å². The molecule has 2 aromatic carbocycles. The molecule has 8 heteroatoms. The second-order valence-electron chi connectivity index (χ2n) is 7.37. The third kappa shape index (κ3) is 4.22. The largest absolute Gasteiger partial charge is 0.496 e. The lowest BCUT2D eigenvalue weighted by Gasteiger charge is -2.08. The molecule has 1 amide bonds. The van der Waals surface area contributed by atoms with Gasteiger partial charge >= 0.3 is 5.69 Å². The fourth-order valence-electron chi connectivity index (χ4n) is 3.61. The molecule has 7 nitrogen and oxygen atoms in total. The molecule has 0 unspecified atom stereocenters. The van der Waals surface area contributed by atoms with Crippen LogP contribution in [0.5, 0.6) is 5.75 Å². The molecule has 2 heterocycles. The van der Waals surface area contributed by atoms with E-state index < -0.39 is 11.2 Å². The van der Waals surface area contributed by atoms with Crippen LogP contribution in [0.1, 0.15) is 20.8 Å². The van der Waals surface area contributed by atoms with Gasteiger partial charge in [0.2, 0.25) is 0 Å². The van der Waals surface area contributed by atoms with E-state index in [-0.39, 0.29) is 12.5 Å². The van der Waals surface area contributed by atoms with Crippen molar-refractivity contribution in [1.29, 1.82) is 0 Å². The summed E-state index contributed by atoms with van der Waals surface area (Å²) in [6.07, 6.45) is 0.614. The summed E-state index contributed by atoms with van der Waals surface area (Å²) in [4.78, 5) is 39.4. The van der Waals surface area contributed by atoms with E-state index in [1.165, 1.54) is 9.13 Å². The minimum absolute atomic E-state index is 0.179. The normalized spacial score (nSPS) is 10.9. The van der Waals surface area contributed by atoms with Gasteiger partial charge in [0, 0.05) is 13.6 Å². The van der Waals surface area contributed by atoms with Crippen LogP contribution in [0.2, 0.25) is 0 Å². The van der Waals surface area contributed by atoms with Crippen molar-refractivity contribution in [3.05, 3.63) is 97.5 Å². The number of carbonyl (C=O) groups is 1. The second kappa shape index (κ2) is 9.23. The highest BCUT2D eigenvalue weighted by Crippen LogP contribution is 2.22. The van der Waals surface area contributed by atoms with Crippen molar-refractivity contribution in [1.82, 2.24) is 14.5 Å². The lowest BCUT2D eigenvalue weighted by Crippen LogP contribution is -2.38. The van der Waals surface area contributed by atoms with E-state index in [0.717, 1.165) is 28.2 Å². The molecule has 4 aromatic rings. The Labute approximate surface area is 188 Å². The third-order valence-electron chi connectivity index (χ3n) is 5.29. The first-order valence-corrected chi connectivity index (χ1v) is 11.0. The number of ether oxygens (including phenoxy) is 1. The van der Waals surface area contributed by atoms with Gasteiger partial charge in [0.1, 0.15) is 10.6 Å². The minimum Gasteiger partial charge on any atom is -0.496 e. The number of aromatic nitrogens is 2. The summed E-state index contributed by atoms with van der Waals surface area (Å²) in [5.41, 5.74) is 1.06. The van der Waals surface area contributed by atoms with Gasteiger partial charge in [-0.15, -0.1) is 11.3 Å².